The number of hydrazine groups is 2. The fraction of sp³-hybridized carbons (Fsp3) is 0.200. The second kappa shape index (κ2) is 3.81. The number of hydrogen-bond acceptors (Lipinski definition) is 6. The molecule has 1 heterocycles. The first-order valence-corrected chi connectivity index (χ1v) is 3.53. The van der Waals surface area contributed by atoms with Gasteiger partial charge in [-0.3, -0.25) is 20.4 Å². The Morgan fingerprint density at radius 3 is 1.79 bits per heavy atom. The molecule has 14 heavy (non-hydrogen) atoms. The molecule has 0 unspecified atom stereocenters. The van der Waals surface area contributed by atoms with Crippen LogP contribution in [0, 0.1) is 0 Å². The first-order chi connectivity index (χ1) is 6.60. The van der Waals surface area contributed by atoms with Gasteiger partial charge in [0.2, 0.25) is 0 Å². The molecular weight excluding hydrogens is 190 g/mol. The molecule has 0 aliphatic carbocycles. The summed E-state index contributed by atoms with van der Waals surface area (Å²) in [6.07, 6.45) is 0. The fourth-order valence-electron chi connectivity index (χ4n) is 0.849. The number of aromatic nitrogens is 3. The predicted octanol–water partition coefficient (Wildman–Crippen LogP) is -2.98. The highest BCUT2D eigenvalue weighted by molar-refractivity contribution is 6.04. The molecule has 0 aliphatic heterocycles. The summed E-state index contributed by atoms with van der Waals surface area (Å²) in [5, 5.41) is 7.30. The number of carbonyl (C=O) groups excluding carboxylic acids is 2. The first kappa shape index (κ1) is 10.1. The fourth-order valence-corrected chi connectivity index (χ4v) is 0.849. The average Bonchev–Trinajstić information content (AvgIpc) is 2.58. The van der Waals surface area contributed by atoms with E-state index in [1.165, 1.54) is 7.05 Å². The molecule has 1 aromatic heterocycles. The Labute approximate surface area is 78.4 Å². The second-order valence-corrected chi connectivity index (χ2v) is 2.33. The standard InChI is InChI=1S/C5H9N7O2/c1-12-10-2(4(13)8-6)3(11-12)5(14)9-7/h6-7H2,1H3,(H,8,13)(H,9,14). The number of carbonyl (C=O) groups is 2. The summed E-state index contributed by atoms with van der Waals surface area (Å²) in [5.41, 5.74) is 3.31. The topological polar surface area (TPSA) is 141 Å². The summed E-state index contributed by atoms with van der Waals surface area (Å²) in [4.78, 5) is 23.3. The Kier molecular flexibility index (Phi) is 2.74. The van der Waals surface area contributed by atoms with Gasteiger partial charge in [-0.05, 0) is 0 Å². The van der Waals surface area contributed by atoms with Crippen molar-refractivity contribution in [3.8, 4) is 0 Å². The van der Waals surface area contributed by atoms with Crippen molar-refractivity contribution in [3.63, 3.8) is 0 Å². The Balaban J connectivity index is 3.15. The van der Waals surface area contributed by atoms with Gasteiger partial charge >= 0.3 is 0 Å². The van der Waals surface area contributed by atoms with Crippen LogP contribution >= 0.6 is 0 Å². The first-order valence-electron chi connectivity index (χ1n) is 3.53. The van der Waals surface area contributed by atoms with E-state index in [1.807, 2.05) is 10.9 Å². The number of amides is 2. The smallest absolute Gasteiger partial charge is 0.288 e. The molecule has 1 rings (SSSR count). The van der Waals surface area contributed by atoms with Crippen LogP contribution in [0.2, 0.25) is 0 Å². The number of aryl methyl sites for hydroxylation is 1. The summed E-state index contributed by atoms with van der Waals surface area (Å²) >= 11 is 0. The number of hydrogen-bond donors (Lipinski definition) is 4. The lowest BCUT2D eigenvalue weighted by atomic mass is 10.3. The highest BCUT2D eigenvalue weighted by Gasteiger charge is 2.21. The van der Waals surface area contributed by atoms with Gasteiger partial charge in [0.05, 0.1) is 0 Å². The summed E-state index contributed by atoms with van der Waals surface area (Å²) < 4.78 is 0. The minimum absolute atomic E-state index is 0.182. The van der Waals surface area contributed by atoms with E-state index in [0.717, 1.165) is 4.80 Å². The molecule has 0 saturated carbocycles. The Morgan fingerprint density at radius 1 is 1.14 bits per heavy atom. The van der Waals surface area contributed by atoms with Crippen molar-refractivity contribution in [1.82, 2.24) is 25.8 Å². The predicted molar refractivity (Wildman–Crippen MR) is 44.3 cm³/mol. The number of nitrogen functional groups attached to an aromatic ring is 2. The van der Waals surface area contributed by atoms with E-state index in [2.05, 4.69) is 10.2 Å². The molecule has 2 amide bonds. The van der Waals surface area contributed by atoms with Crippen molar-refractivity contribution >= 4 is 11.8 Å². The summed E-state index contributed by atoms with van der Waals surface area (Å²) in [7, 11) is 1.46. The van der Waals surface area contributed by atoms with Crippen molar-refractivity contribution in [2.24, 2.45) is 18.7 Å². The van der Waals surface area contributed by atoms with Crippen molar-refractivity contribution in [2.75, 3.05) is 0 Å². The van der Waals surface area contributed by atoms with Crippen LogP contribution in [0.5, 0.6) is 0 Å². The van der Waals surface area contributed by atoms with E-state index < -0.39 is 11.8 Å². The maximum atomic E-state index is 11.1. The third-order valence-electron chi connectivity index (χ3n) is 1.41. The Morgan fingerprint density at radius 2 is 1.50 bits per heavy atom. The van der Waals surface area contributed by atoms with E-state index in [1.54, 1.807) is 0 Å². The van der Waals surface area contributed by atoms with Crippen LogP contribution in [-0.2, 0) is 7.05 Å². The van der Waals surface area contributed by atoms with E-state index in [-0.39, 0.29) is 11.4 Å². The molecule has 0 fully saturated rings. The van der Waals surface area contributed by atoms with Crippen LogP contribution in [-0.4, -0.2) is 26.8 Å². The van der Waals surface area contributed by atoms with Gasteiger partial charge in [-0.2, -0.15) is 4.80 Å². The van der Waals surface area contributed by atoms with E-state index in [9.17, 15) is 9.59 Å². The number of nitrogens with one attached hydrogen (secondary N) is 2. The highest BCUT2D eigenvalue weighted by atomic mass is 16.2. The number of rotatable bonds is 2. The Bertz CT molecular complexity index is 337. The lowest BCUT2D eigenvalue weighted by Crippen LogP contribution is -2.35. The van der Waals surface area contributed by atoms with E-state index in [0.29, 0.717) is 0 Å². The molecule has 1 aromatic rings. The van der Waals surface area contributed by atoms with Gasteiger partial charge in [0.25, 0.3) is 11.8 Å². The molecule has 0 aromatic carbocycles. The number of nitrogens with zero attached hydrogens (tertiary/aromatic N) is 3. The molecule has 0 radical (unpaired) electrons. The zero-order valence-electron chi connectivity index (χ0n) is 7.31. The maximum Gasteiger partial charge on any atom is 0.288 e. The van der Waals surface area contributed by atoms with E-state index >= 15 is 0 Å². The molecule has 0 aliphatic rings. The van der Waals surface area contributed by atoms with Gasteiger partial charge in [0.1, 0.15) is 0 Å². The second-order valence-electron chi connectivity index (χ2n) is 2.33. The molecule has 9 heteroatoms. The molecule has 0 spiro atoms. The molecule has 6 N–H and O–H groups in total. The van der Waals surface area contributed by atoms with Crippen molar-refractivity contribution in [2.45, 2.75) is 0 Å². The van der Waals surface area contributed by atoms with Crippen molar-refractivity contribution in [3.05, 3.63) is 11.4 Å². The molecular formula is C5H9N7O2. The molecule has 0 bridgehead atoms. The van der Waals surface area contributed by atoms with Gasteiger partial charge < -0.3 is 0 Å². The SMILES string of the molecule is Cn1nc(C(=O)NN)c(C(=O)NN)n1. The highest BCUT2D eigenvalue weighted by Crippen LogP contribution is 2.00. The zero-order valence-corrected chi connectivity index (χ0v) is 7.31. The normalized spacial score (nSPS) is 9.64. The summed E-state index contributed by atoms with van der Waals surface area (Å²) in [5.74, 6) is 8.35. The quantitative estimate of drug-likeness (QED) is 0.227. The van der Waals surface area contributed by atoms with Crippen LogP contribution in [0.25, 0.3) is 0 Å². The Hall–Kier alpha value is -2.00. The maximum absolute atomic E-state index is 11.1. The lowest BCUT2D eigenvalue weighted by molar-refractivity contribution is 0.0914. The van der Waals surface area contributed by atoms with Gasteiger partial charge in [-0.1, -0.05) is 0 Å². The monoisotopic (exact) mass is 199 g/mol. The molecule has 9 nitrogen and oxygen atoms in total. The minimum atomic E-state index is -0.711. The molecule has 76 valence electrons. The minimum Gasteiger partial charge on any atom is -0.289 e. The van der Waals surface area contributed by atoms with Gasteiger partial charge in [-0.25, -0.2) is 11.7 Å². The van der Waals surface area contributed by atoms with Crippen LogP contribution in [0.1, 0.15) is 21.0 Å². The van der Waals surface area contributed by atoms with Gasteiger partial charge in [-0.15, -0.1) is 10.2 Å². The largest absolute Gasteiger partial charge is 0.289 e. The van der Waals surface area contributed by atoms with Crippen LogP contribution in [0.4, 0.5) is 0 Å². The van der Waals surface area contributed by atoms with Crippen LogP contribution in [0.3, 0.4) is 0 Å². The molecule has 0 atom stereocenters. The third-order valence-corrected chi connectivity index (χ3v) is 1.41. The number of nitrogens with two attached hydrogens (primary N) is 2. The van der Waals surface area contributed by atoms with Crippen LogP contribution < -0.4 is 22.5 Å². The zero-order chi connectivity index (χ0) is 10.7. The average molecular weight is 199 g/mol. The lowest BCUT2D eigenvalue weighted by Gasteiger charge is -1.96. The van der Waals surface area contributed by atoms with E-state index in [4.69, 9.17) is 11.7 Å². The van der Waals surface area contributed by atoms with Crippen LogP contribution in [0.15, 0.2) is 0 Å². The molecule has 0 saturated heterocycles. The van der Waals surface area contributed by atoms with Gasteiger partial charge in [0, 0.05) is 7.05 Å². The third kappa shape index (κ3) is 1.67. The van der Waals surface area contributed by atoms with Gasteiger partial charge in [0.15, 0.2) is 11.4 Å². The summed E-state index contributed by atoms with van der Waals surface area (Å²) in [6.45, 7) is 0. The van der Waals surface area contributed by atoms with Crippen molar-refractivity contribution in [1.29, 1.82) is 0 Å². The van der Waals surface area contributed by atoms with Crippen molar-refractivity contribution < 1.29 is 9.59 Å². The summed E-state index contributed by atoms with van der Waals surface area (Å²) in [6, 6.07) is 0.